The van der Waals surface area contributed by atoms with Crippen LogP contribution in [0.25, 0.3) is 0 Å². The van der Waals surface area contributed by atoms with E-state index in [2.05, 4.69) is 36.4 Å². The molecule has 1 saturated heterocycles. The number of ether oxygens (including phenoxy) is 1. The van der Waals surface area contributed by atoms with E-state index >= 15 is 0 Å². The van der Waals surface area contributed by atoms with Crippen molar-refractivity contribution in [1.82, 2.24) is 20.2 Å². The van der Waals surface area contributed by atoms with Crippen LogP contribution in [0.5, 0.6) is 5.88 Å². The van der Waals surface area contributed by atoms with Gasteiger partial charge in [-0.2, -0.15) is 5.10 Å². The lowest BCUT2D eigenvalue weighted by atomic mass is 9.96. The monoisotopic (exact) mass is 328 g/mol. The topological polar surface area (TPSA) is 79.0 Å². The van der Waals surface area contributed by atoms with Gasteiger partial charge in [-0.3, -0.25) is 5.10 Å². The first-order valence-corrected chi connectivity index (χ1v) is 8.79. The van der Waals surface area contributed by atoms with Gasteiger partial charge in [-0.15, -0.1) is 0 Å². The van der Waals surface area contributed by atoms with E-state index in [1.807, 2.05) is 6.92 Å². The van der Waals surface area contributed by atoms with Gasteiger partial charge in [0.1, 0.15) is 6.10 Å². The van der Waals surface area contributed by atoms with Crippen molar-refractivity contribution in [2.45, 2.75) is 51.2 Å². The van der Waals surface area contributed by atoms with Gasteiger partial charge >= 0.3 is 0 Å². The average molecular weight is 328 g/mol. The third kappa shape index (κ3) is 3.29. The van der Waals surface area contributed by atoms with Crippen molar-refractivity contribution in [3.63, 3.8) is 0 Å². The van der Waals surface area contributed by atoms with Crippen LogP contribution in [0.3, 0.4) is 0 Å². The lowest BCUT2D eigenvalue weighted by Crippen LogP contribution is -2.39. The minimum absolute atomic E-state index is 0.312. The quantitative estimate of drug-likeness (QED) is 0.878. The largest absolute Gasteiger partial charge is 0.472 e. The fraction of sp³-hybridized carbons (Fsp3) is 0.588. The number of aryl methyl sites for hydroxylation is 1. The Labute approximate surface area is 141 Å². The highest BCUT2D eigenvalue weighted by atomic mass is 16.5. The van der Waals surface area contributed by atoms with Gasteiger partial charge in [0.25, 0.3) is 5.88 Å². The minimum atomic E-state index is 0.312. The molecule has 1 aliphatic heterocycles. The van der Waals surface area contributed by atoms with Crippen molar-refractivity contribution >= 4 is 11.6 Å². The standard InChI is InChI=1S/C17H24N6O/c1-12-11-15(22-21-12)23-9-5-13(6-10-23)20-16-17(19-8-7-18-16)24-14-3-2-4-14/h7-8,11,13-14H,2-6,9-10H2,1H3,(H,18,20)(H,21,22). The van der Waals surface area contributed by atoms with Gasteiger partial charge in [-0.05, 0) is 39.0 Å². The molecule has 7 nitrogen and oxygen atoms in total. The molecule has 128 valence electrons. The summed E-state index contributed by atoms with van der Waals surface area (Å²) in [5.41, 5.74) is 1.10. The van der Waals surface area contributed by atoms with E-state index in [9.17, 15) is 0 Å². The van der Waals surface area contributed by atoms with E-state index in [1.165, 1.54) is 6.42 Å². The fourth-order valence-corrected chi connectivity index (χ4v) is 3.17. The molecule has 0 bridgehead atoms. The number of piperidine rings is 1. The molecule has 1 aliphatic carbocycles. The number of nitrogens with zero attached hydrogens (tertiary/aromatic N) is 4. The van der Waals surface area contributed by atoms with Gasteiger partial charge in [0.2, 0.25) is 0 Å². The normalized spacial score (nSPS) is 19.1. The first kappa shape index (κ1) is 15.2. The molecular formula is C17H24N6O. The number of hydrogen-bond donors (Lipinski definition) is 2. The summed E-state index contributed by atoms with van der Waals surface area (Å²) in [5.74, 6) is 2.46. The summed E-state index contributed by atoms with van der Waals surface area (Å²) in [4.78, 5) is 11.1. The Kier molecular flexibility index (Phi) is 4.23. The van der Waals surface area contributed by atoms with Gasteiger partial charge in [0.15, 0.2) is 11.6 Å². The van der Waals surface area contributed by atoms with Crippen LogP contribution in [0.4, 0.5) is 11.6 Å². The van der Waals surface area contributed by atoms with Crippen LogP contribution >= 0.6 is 0 Å². The number of H-pyrrole nitrogens is 1. The van der Waals surface area contributed by atoms with Crippen LogP contribution in [0.1, 0.15) is 37.8 Å². The summed E-state index contributed by atoms with van der Waals surface area (Å²) in [6, 6.07) is 2.49. The Hall–Kier alpha value is -2.31. The summed E-state index contributed by atoms with van der Waals surface area (Å²) < 4.78 is 5.96. The van der Waals surface area contributed by atoms with E-state index < -0.39 is 0 Å². The number of aromatic nitrogens is 4. The number of anilines is 2. The zero-order valence-corrected chi connectivity index (χ0v) is 14.0. The first-order valence-electron chi connectivity index (χ1n) is 8.79. The molecule has 0 aromatic carbocycles. The van der Waals surface area contributed by atoms with Crippen molar-refractivity contribution in [1.29, 1.82) is 0 Å². The summed E-state index contributed by atoms with van der Waals surface area (Å²) in [5, 5.41) is 10.9. The molecule has 24 heavy (non-hydrogen) atoms. The third-order valence-electron chi connectivity index (χ3n) is 4.85. The molecule has 1 saturated carbocycles. The molecule has 2 aromatic rings. The van der Waals surface area contributed by atoms with Crippen molar-refractivity contribution in [2.75, 3.05) is 23.3 Å². The maximum absolute atomic E-state index is 5.96. The molecule has 2 N–H and O–H groups in total. The number of aromatic amines is 1. The molecule has 2 aliphatic rings. The highest BCUT2D eigenvalue weighted by Crippen LogP contribution is 2.29. The van der Waals surface area contributed by atoms with E-state index in [1.54, 1.807) is 12.4 Å². The Balaban J connectivity index is 1.35. The molecule has 7 heteroatoms. The predicted octanol–water partition coefficient (Wildman–Crippen LogP) is 2.52. The molecule has 0 spiro atoms. The summed E-state index contributed by atoms with van der Waals surface area (Å²) >= 11 is 0. The van der Waals surface area contributed by atoms with Crippen molar-refractivity contribution in [2.24, 2.45) is 0 Å². The van der Waals surface area contributed by atoms with E-state index in [0.717, 1.165) is 56.1 Å². The second-order valence-corrected chi connectivity index (χ2v) is 6.70. The van der Waals surface area contributed by atoms with Gasteiger partial charge in [-0.1, -0.05) is 0 Å². The van der Waals surface area contributed by atoms with E-state index in [-0.39, 0.29) is 0 Å². The van der Waals surface area contributed by atoms with Crippen LogP contribution in [0.2, 0.25) is 0 Å². The maximum atomic E-state index is 5.96. The fourth-order valence-electron chi connectivity index (χ4n) is 3.17. The minimum Gasteiger partial charge on any atom is -0.472 e. The zero-order chi connectivity index (χ0) is 16.4. The van der Waals surface area contributed by atoms with Crippen molar-refractivity contribution in [3.8, 4) is 5.88 Å². The van der Waals surface area contributed by atoms with Gasteiger partial charge < -0.3 is 15.0 Å². The Morgan fingerprint density at radius 1 is 1.17 bits per heavy atom. The first-order chi connectivity index (χ1) is 11.8. The molecule has 4 rings (SSSR count). The van der Waals surface area contributed by atoms with Gasteiger partial charge in [0, 0.05) is 43.3 Å². The van der Waals surface area contributed by atoms with Crippen LogP contribution < -0.4 is 15.0 Å². The smallest absolute Gasteiger partial charge is 0.257 e. The Morgan fingerprint density at radius 2 is 1.96 bits per heavy atom. The molecule has 0 unspecified atom stereocenters. The van der Waals surface area contributed by atoms with Crippen LogP contribution in [0.15, 0.2) is 18.5 Å². The summed E-state index contributed by atoms with van der Waals surface area (Å²) in [6.45, 7) is 4.00. The van der Waals surface area contributed by atoms with Crippen LogP contribution in [-0.4, -0.2) is 45.4 Å². The van der Waals surface area contributed by atoms with Crippen LogP contribution in [-0.2, 0) is 0 Å². The number of rotatable bonds is 5. The predicted molar refractivity (Wildman–Crippen MR) is 92.5 cm³/mol. The molecule has 3 heterocycles. The maximum Gasteiger partial charge on any atom is 0.257 e. The van der Waals surface area contributed by atoms with Crippen molar-refractivity contribution < 1.29 is 4.74 Å². The highest BCUT2D eigenvalue weighted by Gasteiger charge is 2.24. The van der Waals surface area contributed by atoms with Gasteiger partial charge in [0.05, 0.1) is 0 Å². The molecule has 2 aromatic heterocycles. The summed E-state index contributed by atoms with van der Waals surface area (Å²) in [7, 11) is 0. The molecule has 0 amide bonds. The van der Waals surface area contributed by atoms with Gasteiger partial charge in [-0.25, -0.2) is 9.97 Å². The average Bonchev–Trinajstić information content (AvgIpc) is 2.99. The lowest BCUT2D eigenvalue weighted by Gasteiger charge is -2.33. The Morgan fingerprint density at radius 3 is 2.62 bits per heavy atom. The number of nitrogens with one attached hydrogen (secondary N) is 2. The Bertz CT molecular complexity index is 675. The molecule has 2 fully saturated rings. The highest BCUT2D eigenvalue weighted by molar-refractivity contribution is 5.46. The van der Waals surface area contributed by atoms with E-state index in [0.29, 0.717) is 18.0 Å². The molecule has 0 atom stereocenters. The lowest BCUT2D eigenvalue weighted by molar-refractivity contribution is 0.115. The number of hydrogen-bond acceptors (Lipinski definition) is 6. The second kappa shape index (κ2) is 6.67. The molecular weight excluding hydrogens is 304 g/mol. The van der Waals surface area contributed by atoms with Crippen LogP contribution in [0, 0.1) is 6.92 Å². The summed E-state index contributed by atoms with van der Waals surface area (Å²) in [6.07, 6.45) is 9.32. The zero-order valence-electron chi connectivity index (χ0n) is 14.0. The molecule has 0 radical (unpaired) electrons. The van der Waals surface area contributed by atoms with Crippen molar-refractivity contribution in [3.05, 3.63) is 24.2 Å². The SMILES string of the molecule is Cc1cc(N2CCC(Nc3nccnc3OC3CCC3)CC2)n[nH]1. The third-order valence-corrected chi connectivity index (χ3v) is 4.85. The van der Waals surface area contributed by atoms with E-state index in [4.69, 9.17) is 4.74 Å². The second-order valence-electron chi connectivity index (χ2n) is 6.70.